The van der Waals surface area contributed by atoms with Crippen molar-refractivity contribution in [1.29, 1.82) is 0 Å². The molecule has 0 amide bonds. The minimum Gasteiger partial charge on any atom is -0.507 e. The number of carbonyl (C=O) groups is 10. The lowest BCUT2D eigenvalue weighted by Gasteiger charge is -2.45. The number of fused-ring (bicyclic) bond motifs is 1. The van der Waals surface area contributed by atoms with Gasteiger partial charge in [0.2, 0.25) is 11.6 Å². The van der Waals surface area contributed by atoms with E-state index in [1.807, 2.05) is 0 Å². The first kappa shape index (κ1) is 49.7. The van der Waals surface area contributed by atoms with Crippen molar-refractivity contribution in [2.45, 2.75) is 125 Å². The number of aromatic hydroxyl groups is 2. The van der Waals surface area contributed by atoms with Crippen LogP contribution in [0.1, 0.15) is 71.3 Å². The number of hydrogen-bond acceptors (Lipinski definition) is 25. The van der Waals surface area contributed by atoms with Crippen LogP contribution in [0.3, 0.4) is 0 Å². The number of hydrogen-bond donors (Lipinski definition) is 3. The minimum absolute atomic E-state index is 0.334. The van der Waals surface area contributed by atoms with E-state index in [9.17, 15) is 63.3 Å². The van der Waals surface area contributed by atoms with E-state index in [0.29, 0.717) is 29.6 Å². The highest BCUT2D eigenvalue weighted by atomic mass is 32.2. The number of phenolic OH excluding ortho intramolecular Hbond substituents is 2. The number of carbonyl (C=O) groups excluding carboxylic acids is 10. The van der Waals surface area contributed by atoms with Gasteiger partial charge in [0.1, 0.15) is 53.6 Å². The molecular formula is C38H42O23S2. The van der Waals surface area contributed by atoms with Crippen molar-refractivity contribution in [1.82, 2.24) is 0 Å². The number of allylic oxidation sites excluding steroid dienone is 1. The topological polar surface area (TPSA) is 324 Å². The molecule has 1 aliphatic carbocycles. The molecule has 0 aromatic heterocycles. The highest BCUT2D eigenvalue weighted by molar-refractivity contribution is 8.03. The van der Waals surface area contributed by atoms with Crippen molar-refractivity contribution in [2.24, 2.45) is 0 Å². The molecule has 2 aliphatic heterocycles. The van der Waals surface area contributed by atoms with E-state index in [1.165, 1.54) is 0 Å². The monoisotopic (exact) mass is 930 g/mol. The van der Waals surface area contributed by atoms with Crippen LogP contribution in [0.4, 0.5) is 0 Å². The number of thioether (sulfide) groups is 2. The third-order valence-electron chi connectivity index (χ3n) is 8.70. The molecule has 1 aromatic carbocycles. The predicted octanol–water partition coefficient (Wildman–Crippen LogP) is 1.11. The SMILES string of the molecule is CC(=O)OC[C@H]1O[C@@H](Sc2c(O)c3c(c(O)c2S[C@@H]2O[C@H](COC(C)=O)[C@@H](OC(C)=O)[C@H](OC(C)=O)[C@H]2OC(C)=O)C(O)=CC(=O)C3=O)[C@H](OC(C)=O)[C@@H](OC(C)=O)[C@@H]1OC(C)=O. The van der Waals surface area contributed by atoms with Gasteiger partial charge in [-0.15, -0.1) is 0 Å². The molecule has 4 rings (SSSR count). The maximum atomic E-state index is 13.4. The zero-order valence-corrected chi connectivity index (χ0v) is 36.2. The molecule has 10 atom stereocenters. The zero-order chi connectivity index (χ0) is 47.2. The number of aliphatic hydroxyl groups excluding tert-OH is 1. The Labute approximate surface area is 365 Å². The lowest BCUT2D eigenvalue weighted by molar-refractivity contribution is -0.237. The molecule has 0 spiro atoms. The molecule has 1 aromatic rings. The van der Waals surface area contributed by atoms with E-state index >= 15 is 0 Å². The summed E-state index contributed by atoms with van der Waals surface area (Å²) >= 11 is 0.697. The summed E-state index contributed by atoms with van der Waals surface area (Å²) in [6.45, 7) is 6.53. The van der Waals surface area contributed by atoms with E-state index in [1.54, 1.807) is 0 Å². The van der Waals surface area contributed by atoms with E-state index in [2.05, 4.69) is 0 Å². The second kappa shape index (κ2) is 21.0. The van der Waals surface area contributed by atoms with Gasteiger partial charge in [-0.05, 0) is 0 Å². The third kappa shape index (κ3) is 12.2. The van der Waals surface area contributed by atoms with Crippen LogP contribution in [0.2, 0.25) is 0 Å². The van der Waals surface area contributed by atoms with Gasteiger partial charge in [0.15, 0.2) is 36.6 Å². The molecular weight excluding hydrogens is 889 g/mol. The molecule has 2 saturated heterocycles. The van der Waals surface area contributed by atoms with Crippen LogP contribution in [0, 0.1) is 0 Å². The minimum atomic E-state index is -1.80. The average molecular weight is 931 g/mol. The lowest BCUT2D eigenvalue weighted by atomic mass is 9.92. The molecule has 3 N–H and O–H groups in total. The fraction of sp³-hybridized carbons (Fsp3) is 0.526. The summed E-state index contributed by atoms with van der Waals surface area (Å²) in [4.78, 5) is 123. The van der Waals surface area contributed by atoms with Crippen LogP contribution >= 0.6 is 23.5 Å². The second-order valence-electron chi connectivity index (χ2n) is 13.7. The summed E-state index contributed by atoms with van der Waals surface area (Å²) in [7, 11) is 0. The van der Waals surface area contributed by atoms with Crippen LogP contribution < -0.4 is 0 Å². The molecule has 2 heterocycles. The summed E-state index contributed by atoms with van der Waals surface area (Å²) in [5.74, 6) is -13.5. The Kier molecular flexibility index (Phi) is 16.6. The summed E-state index contributed by atoms with van der Waals surface area (Å²) in [5.41, 5.74) is -5.22. The first-order valence-electron chi connectivity index (χ1n) is 18.5. The van der Waals surface area contributed by atoms with E-state index < -0.39 is 170 Å². The van der Waals surface area contributed by atoms with Crippen molar-refractivity contribution in [2.75, 3.05) is 13.2 Å². The Balaban J connectivity index is 2.02. The van der Waals surface area contributed by atoms with Gasteiger partial charge in [-0.1, -0.05) is 23.5 Å². The van der Waals surface area contributed by atoms with Gasteiger partial charge >= 0.3 is 47.8 Å². The standard InChI is InChI=1S/C38H42O23S2/c1-12(39)52-10-22-29(54-14(3)41)31(56-16(5)43)33(58-18(7)45)37(60-22)62-35-27(50)24-20(47)9-21(48)26(49)25(24)28(51)36(35)63-38-34(59-19(8)46)32(57-17(6)44)30(55-15(4)42)23(61-38)11-53-13(2)40/h9,22-23,29-34,37-38,47,50-51H,10-11H2,1-8H3/t22-,23-,29-,30-,31+,32+,33-,34-,37+,38+/m1/s1. The number of aliphatic hydroxyl groups is 1. The maximum Gasteiger partial charge on any atom is 0.303 e. The maximum absolute atomic E-state index is 13.4. The summed E-state index contributed by atoms with van der Waals surface area (Å²) in [5, 5.41) is 34.9. The van der Waals surface area contributed by atoms with Crippen molar-refractivity contribution >= 4 is 88.6 Å². The first-order valence-corrected chi connectivity index (χ1v) is 20.2. The molecule has 23 nitrogen and oxygen atoms in total. The summed E-state index contributed by atoms with van der Waals surface area (Å²) < 4.78 is 55.4. The van der Waals surface area contributed by atoms with Crippen molar-refractivity contribution in [3.05, 3.63) is 17.2 Å². The summed E-state index contributed by atoms with van der Waals surface area (Å²) in [6, 6.07) is 0. The van der Waals surface area contributed by atoms with Crippen LogP contribution in [0.25, 0.3) is 5.76 Å². The van der Waals surface area contributed by atoms with Crippen LogP contribution in [-0.4, -0.2) is 148 Å². The first-order chi connectivity index (χ1) is 29.4. The van der Waals surface area contributed by atoms with E-state index in [4.69, 9.17) is 47.4 Å². The molecule has 0 unspecified atom stereocenters. The van der Waals surface area contributed by atoms with Crippen molar-refractivity contribution < 1.29 is 111 Å². The number of esters is 8. The van der Waals surface area contributed by atoms with E-state index in [-0.39, 0.29) is 0 Å². The van der Waals surface area contributed by atoms with Crippen LogP contribution in [0.15, 0.2) is 15.9 Å². The number of ketones is 2. The zero-order valence-electron chi connectivity index (χ0n) is 34.6. The normalized spacial score (nSPS) is 26.4. The predicted molar refractivity (Wildman–Crippen MR) is 205 cm³/mol. The second-order valence-corrected chi connectivity index (χ2v) is 15.9. The van der Waals surface area contributed by atoms with Gasteiger partial charge in [0, 0.05) is 61.5 Å². The molecule has 25 heteroatoms. The molecule has 3 aliphatic rings. The summed E-state index contributed by atoms with van der Waals surface area (Å²) in [6.07, 6.45) is -12.9. The Bertz CT molecular complexity index is 2100. The van der Waals surface area contributed by atoms with Crippen LogP contribution in [-0.2, 0) is 90.5 Å². The number of phenols is 2. The smallest absolute Gasteiger partial charge is 0.303 e. The molecule has 0 radical (unpaired) electrons. The number of Topliss-reactive ketones (excluding diaryl/α,β-unsaturated/α-hetero) is 1. The van der Waals surface area contributed by atoms with Gasteiger partial charge < -0.3 is 62.7 Å². The Morgan fingerprint density at radius 2 is 0.810 bits per heavy atom. The Morgan fingerprint density at radius 1 is 0.492 bits per heavy atom. The third-order valence-corrected chi connectivity index (χ3v) is 11.3. The number of ether oxygens (including phenoxy) is 10. The highest BCUT2D eigenvalue weighted by Crippen LogP contribution is 2.55. The fourth-order valence-corrected chi connectivity index (χ4v) is 9.23. The van der Waals surface area contributed by atoms with Gasteiger partial charge in [0.05, 0.1) is 20.9 Å². The highest BCUT2D eigenvalue weighted by Gasteiger charge is 2.55. The molecule has 63 heavy (non-hydrogen) atoms. The van der Waals surface area contributed by atoms with Gasteiger partial charge in [0.25, 0.3) is 0 Å². The molecule has 344 valence electrons. The number of benzene rings is 1. The lowest BCUT2D eigenvalue weighted by Crippen LogP contribution is -2.61. The van der Waals surface area contributed by atoms with Gasteiger partial charge in [-0.25, -0.2) is 0 Å². The van der Waals surface area contributed by atoms with E-state index in [0.717, 1.165) is 55.4 Å². The quantitative estimate of drug-likeness (QED) is 0.102. The number of rotatable bonds is 14. The van der Waals surface area contributed by atoms with Crippen LogP contribution in [0.5, 0.6) is 11.5 Å². The average Bonchev–Trinajstić information content (AvgIpc) is 3.15. The molecule has 0 bridgehead atoms. The Hall–Kier alpha value is -5.92. The Morgan fingerprint density at radius 3 is 1.14 bits per heavy atom. The molecule has 2 fully saturated rings. The van der Waals surface area contributed by atoms with Gasteiger partial charge in [-0.3, -0.25) is 47.9 Å². The largest absolute Gasteiger partial charge is 0.507 e. The fourth-order valence-electron chi connectivity index (χ4n) is 6.55. The molecule has 0 saturated carbocycles. The van der Waals surface area contributed by atoms with Gasteiger partial charge in [-0.2, -0.15) is 0 Å². The van der Waals surface area contributed by atoms with Crippen molar-refractivity contribution in [3.63, 3.8) is 0 Å². The van der Waals surface area contributed by atoms with Crippen molar-refractivity contribution in [3.8, 4) is 11.5 Å².